The Morgan fingerprint density at radius 3 is 3.06 bits per heavy atom. The first-order valence-corrected chi connectivity index (χ1v) is 5.31. The van der Waals surface area contributed by atoms with E-state index in [2.05, 4.69) is 15.5 Å². The molecule has 0 aliphatic carbocycles. The van der Waals surface area contributed by atoms with Crippen LogP contribution in [0.3, 0.4) is 0 Å². The van der Waals surface area contributed by atoms with Crippen molar-refractivity contribution in [3.05, 3.63) is 5.82 Å². The van der Waals surface area contributed by atoms with Crippen LogP contribution in [0.25, 0.3) is 0 Å². The first kappa shape index (κ1) is 11.4. The molecule has 1 aliphatic rings. The van der Waals surface area contributed by atoms with Crippen LogP contribution in [0.5, 0.6) is 0 Å². The maximum atomic E-state index is 5.78. The minimum absolute atomic E-state index is 0.189. The summed E-state index contributed by atoms with van der Waals surface area (Å²) in [4.78, 5) is 0. The number of hydrogen-bond acceptors (Lipinski definition) is 6. The van der Waals surface area contributed by atoms with Crippen LogP contribution in [-0.2, 0) is 16.0 Å². The van der Waals surface area contributed by atoms with Crippen LogP contribution < -0.4 is 5.73 Å². The summed E-state index contributed by atoms with van der Waals surface area (Å²) < 4.78 is 12.6. The lowest BCUT2D eigenvalue weighted by Crippen LogP contribution is -2.38. The molecule has 7 nitrogen and oxygen atoms in total. The van der Waals surface area contributed by atoms with E-state index in [1.165, 1.54) is 0 Å². The molecule has 2 rings (SSSR count). The van der Waals surface area contributed by atoms with Crippen molar-refractivity contribution in [1.82, 2.24) is 20.2 Å². The fraction of sp³-hybridized carbons (Fsp3) is 0.889. The topological polar surface area (TPSA) is 88.1 Å². The smallest absolute Gasteiger partial charge is 0.167 e. The number of aromatic nitrogens is 4. The molecular formula is C9H17N5O2. The summed E-state index contributed by atoms with van der Waals surface area (Å²) in [7, 11) is 1.69. The number of hydrogen-bond donors (Lipinski definition) is 1. The normalized spacial score (nSPS) is 27.2. The molecular weight excluding hydrogens is 210 g/mol. The maximum Gasteiger partial charge on any atom is 0.167 e. The van der Waals surface area contributed by atoms with Gasteiger partial charge in [0.1, 0.15) is 5.60 Å². The van der Waals surface area contributed by atoms with Crippen LogP contribution in [0.4, 0.5) is 0 Å². The third-order valence-electron chi connectivity index (χ3n) is 2.90. The highest BCUT2D eigenvalue weighted by Crippen LogP contribution is 2.24. The second kappa shape index (κ2) is 4.44. The molecule has 2 atom stereocenters. The Balaban J connectivity index is 2.16. The van der Waals surface area contributed by atoms with Crippen LogP contribution >= 0.6 is 0 Å². The molecule has 1 aromatic rings. The lowest BCUT2D eigenvalue weighted by Gasteiger charge is -2.25. The molecule has 1 fully saturated rings. The fourth-order valence-electron chi connectivity index (χ4n) is 1.86. The van der Waals surface area contributed by atoms with Crippen LogP contribution in [0.1, 0.15) is 25.2 Å². The highest BCUT2D eigenvalue weighted by molar-refractivity contribution is 4.92. The van der Waals surface area contributed by atoms with E-state index in [0.29, 0.717) is 25.6 Å². The average Bonchev–Trinajstić information content (AvgIpc) is 2.88. The van der Waals surface area contributed by atoms with Gasteiger partial charge in [0.2, 0.25) is 0 Å². The molecule has 1 aromatic heterocycles. The van der Waals surface area contributed by atoms with Gasteiger partial charge in [0.25, 0.3) is 0 Å². The molecule has 90 valence electrons. The Labute approximate surface area is 93.9 Å². The van der Waals surface area contributed by atoms with E-state index in [0.717, 1.165) is 6.42 Å². The van der Waals surface area contributed by atoms with Crippen LogP contribution in [-0.4, -0.2) is 46.1 Å². The number of ether oxygens (including phenoxy) is 2. The SMILES string of the molecule is COC1(Cn2nnnc2C(C)N)CCOC1. The molecule has 0 saturated carbocycles. The van der Waals surface area contributed by atoms with Crippen molar-refractivity contribution in [3.63, 3.8) is 0 Å². The summed E-state index contributed by atoms with van der Waals surface area (Å²) in [5.74, 6) is 0.670. The molecule has 2 unspecified atom stereocenters. The Bertz CT molecular complexity index is 345. The summed E-state index contributed by atoms with van der Waals surface area (Å²) in [5, 5.41) is 11.5. The molecule has 2 heterocycles. The van der Waals surface area contributed by atoms with Gasteiger partial charge in [-0.05, 0) is 17.4 Å². The van der Waals surface area contributed by atoms with E-state index >= 15 is 0 Å². The summed E-state index contributed by atoms with van der Waals surface area (Å²) in [6.45, 7) is 3.71. The van der Waals surface area contributed by atoms with Gasteiger partial charge in [-0.25, -0.2) is 4.68 Å². The van der Waals surface area contributed by atoms with Crippen molar-refractivity contribution >= 4 is 0 Å². The summed E-state index contributed by atoms with van der Waals surface area (Å²) >= 11 is 0. The minimum Gasteiger partial charge on any atom is -0.378 e. The highest BCUT2D eigenvalue weighted by Gasteiger charge is 2.36. The molecule has 0 amide bonds. The number of tetrazole rings is 1. The zero-order valence-electron chi connectivity index (χ0n) is 9.59. The predicted octanol–water partition coefficient (Wildman–Crippen LogP) is -0.502. The Morgan fingerprint density at radius 2 is 2.50 bits per heavy atom. The number of nitrogens with two attached hydrogens (primary N) is 1. The zero-order valence-corrected chi connectivity index (χ0v) is 9.59. The molecule has 0 bridgehead atoms. The second-order valence-corrected chi connectivity index (χ2v) is 4.17. The third kappa shape index (κ3) is 2.06. The molecule has 16 heavy (non-hydrogen) atoms. The van der Waals surface area contributed by atoms with Gasteiger partial charge in [-0.3, -0.25) is 0 Å². The Hall–Kier alpha value is -1.05. The molecule has 0 radical (unpaired) electrons. The van der Waals surface area contributed by atoms with E-state index in [1.807, 2.05) is 6.92 Å². The fourth-order valence-corrected chi connectivity index (χ4v) is 1.86. The Morgan fingerprint density at radius 1 is 1.69 bits per heavy atom. The van der Waals surface area contributed by atoms with E-state index in [4.69, 9.17) is 15.2 Å². The first-order chi connectivity index (χ1) is 7.67. The Kier molecular flexibility index (Phi) is 3.17. The third-order valence-corrected chi connectivity index (χ3v) is 2.90. The first-order valence-electron chi connectivity index (χ1n) is 5.31. The lowest BCUT2D eigenvalue weighted by atomic mass is 10.0. The zero-order chi connectivity index (χ0) is 11.6. The molecule has 0 aromatic carbocycles. The minimum atomic E-state index is -0.320. The van der Waals surface area contributed by atoms with Crippen LogP contribution in [0.2, 0.25) is 0 Å². The van der Waals surface area contributed by atoms with Crippen molar-refractivity contribution in [2.24, 2.45) is 5.73 Å². The van der Waals surface area contributed by atoms with Gasteiger partial charge in [0.05, 0.1) is 19.2 Å². The number of methoxy groups -OCH3 is 1. The quantitative estimate of drug-likeness (QED) is 0.746. The van der Waals surface area contributed by atoms with Gasteiger partial charge < -0.3 is 15.2 Å². The van der Waals surface area contributed by atoms with Gasteiger partial charge >= 0.3 is 0 Å². The number of rotatable bonds is 4. The van der Waals surface area contributed by atoms with Crippen molar-refractivity contribution in [1.29, 1.82) is 0 Å². The molecule has 7 heteroatoms. The monoisotopic (exact) mass is 227 g/mol. The summed E-state index contributed by atoms with van der Waals surface area (Å²) in [6, 6.07) is -0.189. The predicted molar refractivity (Wildman–Crippen MR) is 55.6 cm³/mol. The van der Waals surface area contributed by atoms with Crippen LogP contribution in [0.15, 0.2) is 0 Å². The van der Waals surface area contributed by atoms with Crippen molar-refractivity contribution < 1.29 is 9.47 Å². The lowest BCUT2D eigenvalue weighted by molar-refractivity contribution is -0.0328. The van der Waals surface area contributed by atoms with Gasteiger partial charge in [-0.1, -0.05) is 0 Å². The summed E-state index contributed by atoms with van der Waals surface area (Å²) in [5.41, 5.74) is 5.46. The van der Waals surface area contributed by atoms with Crippen molar-refractivity contribution in [3.8, 4) is 0 Å². The van der Waals surface area contributed by atoms with E-state index in [-0.39, 0.29) is 11.6 Å². The maximum absolute atomic E-state index is 5.78. The highest BCUT2D eigenvalue weighted by atomic mass is 16.5. The van der Waals surface area contributed by atoms with E-state index < -0.39 is 0 Å². The van der Waals surface area contributed by atoms with Crippen molar-refractivity contribution in [2.75, 3.05) is 20.3 Å². The van der Waals surface area contributed by atoms with Crippen molar-refractivity contribution in [2.45, 2.75) is 31.5 Å². The number of nitrogens with zero attached hydrogens (tertiary/aromatic N) is 4. The molecule has 0 spiro atoms. The van der Waals surface area contributed by atoms with E-state index in [9.17, 15) is 0 Å². The molecule has 1 aliphatic heterocycles. The van der Waals surface area contributed by atoms with Gasteiger partial charge in [0, 0.05) is 20.1 Å². The van der Waals surface area contributed by atoms with Crippen LogP contribution in [0, 0.1) is 0 Å². The summed E-state index contributed by atoms with van der Waals surface area (Å²) in [6.07, 6.45) is 0.849. The van der Waals surface area contributed by atoms with E-state index in [1.54, 1.807) is 11.8 Å². The molecule has 2 N–H and O–H groups in total. The standard InChI is InChI=1S/C9H17N5O2/c1-7(10)8-11-12-13-14(8)5-9(15-2)3-4-16-6-9/h7H,3-6,10H2,1-2H3. The average molecular weight is 227 g/mol. The van der Waals surface area contributed by atoms with Gasteiger partial charge in [-0.15, -0.1) is 5.10 Å². The van der Waals surface area contributed by atoms with Gasteiger partial charge in [0.15, 0.2) is 5.82 Å². The molecule has 1 saturated heterocycles. The van der Waals surface area contributed by atoms with Gasteiger partial charge in [-0.2, -0.15) is 0 Å². The largest absolute Gasteiger partial charge is 0.378 e. The second-order valence-electron chi connectivity index (χ2n) is 4.17.